The molecule has 1 aliphatic rings. The number of hydrogen-bond donors (Lipinski definition) is 2. The number of benzene rings is 1. The summed E-state index contributed by atoms with van der Waals surface area (Å²) in [6, 6.07) is 3.90. The Balaban J connectivity index is 2.21. The zero-order valence-corrected chi connectivity index (χ0v) is 11.3. The van der Waals surface area contributed by atoms with Crippen molar-refractivity contribution in [3.63, 3.8) is 0 Å². The monoisotopic (exact) mass is 276 g/mol. The van der Waals surface area contributed by atoms with E-state index in [0.29, 0.717) is 12.2 Å². The Morgan fingerprint density at radius 2 is 2.40 bits per heavy atom. The lowest BCUT2D eigenvalue weighted by Crippen LogP contribution is -2.39. The van der Waals surface area contributed by atoms with Gasteiger partial charge in [-0.25, -0.2) is 4.39 Å². The van der Waals surface area contributed by atoms with E-state index in [1.807, 2.05) is 6.92 Å². The maximum atomic E-state index is 13.3. The second-order valence-corrected chi connectivity index (χ2v) is 4.64. The third-order valence-electron chi connectivity index (χ3n) is 3.24. The number of rotatable bonds is 2. The van der Waals surface area contributed by atoms with Crippen molar-refractivity contribution in [2.45, 2.75) is 25.5 Å². The Hall–Kier alpha value is -1.90. The number of halogens is 1. The second-order valence-electron chi connectivity index (χ2n) is 4.64. The fourth-order valence-electron chi connectivity index (χ4n) is 2.13. The number of amides is 1. The molecule has 1 heterocycles. The van der Waals surface area contributed by atoms with Crippen molar-refractivity contribution in [2.24, 2.45) is 5.73 Å². The summed E-state index contributed by atoms with van der Waals surface area (Å²) in [5.41, 5.74) is 6.02. The van der Waals surface area contributed by atoms with Crippen LogP contribution in [0.25, 0.3) is 0 Å². The van der Waals surface area contributed by atoms with Gasteiger partial charge in [-0.1, -0.05) is 11.8 Å². The van der Waals surface area contributed by atoms with Crippen LogP contribution in [-0.2, 0) is 4.74 Å². The highest BCUT2D eigenvalue weighted by molar-refractivity contribution is 5.97. The van der Waals surface area contributed by atoms with Gasteiger partial charge in [-0.2, -0.15) is 0 Å². The molecule has 1 aromatic carbocycles. The van der Waals surface area contributed by atoms with E-state index in [0.717, 1.165) is 6.42 Å². The topological polar surface area (TPSA) is 64.3 Å². The summed E-state index contributed by atoms with van der Waals surface area (Å²) in [7, 11) is 0. The van der Waals surface area contributed by atoms with E-state index in [1.54, 1.807) is 0 Å². The molecular formula is C15H17FN2O2. The van der Waals surface area contributed by atoms with Crippen molar-refractivity contribution in [2.75, 3.05) is 13.2 Å². The molecule has 3 N–H and O–H groups in total. The molecule has 0 aromatic heterocycles. The molecule has 5 heteroatoms. The van der Waals surface area contributed by atoms with Crippen LogP contribution in [0.4, 0.5) is 4.39 Å². The molecule has 0 bridgehead atoms. The first-order chi connectivity index (χ1) is 9.61. The van der Waals surface area contributed by atoms with E-state index in [4.69, 9.17) is 10.5 Å². The standard InChI is InChI=1S/C15H17FN2O2/c1-10-14(6-8-20-10)18-15(19)13-9-12(16)5-4-11(13)3-2-7-17/h4-5,9-10,14H,6-8,17H2,1H3,(H,18,19). The summed E-state index contributed by atoms with van der Waals surface area (Å²) in [5.74, 6) is 4.65. The molecule has 106 valence electrons. The largest absolute Gasteiger partial charge is 0.376 e. The van der Waals surface area contributed by atoms with Crippen molar-refractivity contribution in [3.8, 4) is 11.8 Å². The van der Waals surface area contributed by atoms with Crippen molar-refractivity contribution in [1.82, 2.24) is 5.32 Å². The summed E-state index contributed by atoms with van der Waals surface area (Å²) in [6.07, 6.45) is 0.720. The number of nitrogens with one attached hydrogen (secondary N) is 1. The first-order valence-corrected chi connectivity index (χ1v) is 6.52. The van der Waals surface area contributed by atoms with E-state index in [1.165, 1.54) is 18.2 Å². The quantitative estimate of drug-likeness (QED) is 0.793. The van der Waals surface area contributed by atoms with Crippen LogP contribution in [0, 0.1) is 17.7 Å². The van der Waals surface area contributed by atoms with E-state index in [9.17, 15) is 9.18 Å². The van der Waals surface area contributed by atoms with Crippen LogP contribution in [0.1, 0.15) is 29.3 Å². The fourth-order valence-corrected chi connectivity index (χ4v) is 2.13. The number of hydrogen-bond acceptors (Lipinski definition) is 3. The minimum Gasteiger partial charge on any atom is -0.376 e. The van der Waals surface area contributed by atoms with E-state index in [-0.39, 0.29) is 30.2 Å². The molecule has 1 fully saturated rings. The minimum absolute atomic E-state index is 0.0360. The van der Waals surface area contributed by atoms with Crippen LogP contribution in [0.2, 0.25) is 0 Å². The molecule has 0 radical (unpaired) electrons. The van der Waals surface area contributed by atoms with Gasteiger partial charge < -0.3 is 15.8 Å². The van der Waals surface area contributed by atoms with E-state index >= 15 is 0 Å². The molecule has 2 rings (SSSR count). The van der Waals surface area contributed by atoms with Crippen LogP contribution < -0.4 is 11.1 Å². The van der Waals surface area contributed by atoms with Gasteiger partial charge in [0.15, 0.2) is 0 Å². The Morgan fingerprint density at radius 1 is 1.60 bits per heavy atom. The molecule has 0 aliphatic carbocycles. The molecule has 0 saturated carbocycles. The lowest BCUT2D eigenvalue weighted by Gasteiger charge is -2.16. The zero-order valence-electron chi connectivity index (χ0n) is 11.3. The van der Waals surface area contributed by atoms with Gasteiger partial charge in [0, 0.05) is 12.2 Å². The first kappa shape index (κ1) is 14.5. The van der Waals surface area contributed by atoms with Crippen molar-refractivity contribution < 1.29 is 13.9 Å². The predicted molar refractivity (Wildman–Crippen MR) is 73.6 cm³/mol. The summed E-state index contributed by atoms with van der Waals surface area (Å²) in [4.78, 5) is 12.3. The van der Waals surface area contributed by atoms with Crippen LogP contribution in [-0.4, -0.2) is 31.2 Å². The third-order valence-corrected chi connectivity index (χ3v) is 3.24. The summed E-state index contributed by atoms with van der Waals surface area (Å²) in [5, 5.41) is 2.86. The molecule has 20 heavy (non-hydrogen) atoms. The fraction of sp³-hybridized carbons (Fsp3) is 0.400. The lowest BCUT2D eigenvalue weighted by atomic mass is 10.1. The summed E-state index contributed by atoms with van der Waals surface area (Å²) in [6.45, 7) is 2.71. The smallest absolute Gasteiger partial charge is 0.252 e. The Bertz CT molecular complexity index is 563. The number of ether oxygens (including phenoxy) is 1. The van der Waals surface area contributed by atoms with Crippen LogP contribution >= 0.6 is 0 Å². The molecule has 1 amide bonds. The van der Waals surface area contributed by atoms with Crippen molar-refractivity contribution in [3.05, 3.63) is 35.1 Å². The zero-order chi connectivity index (χ0) is 14.5. The second kappa shape index (κ2) is 6.51. The molecule has 2 atom stereocenters. The summed E-state index contributed by atoms with van der Waals surface area (Å²) < 4.78 is 18.7. The van der Waals surface area contributed by atoms with Gasteiger partial charge in [0.2, 0.25) is 0 Å². The van der Waals surface area contributed by atoms with Gasteiger partial charge in [0.1, 0.15) is 5.82 Å². The molecule has 1 aromatic rings. The average molecular weight is 276 g/mol. The molecule has 1 aliphatic heterocycles. The van der Waals surface area contributed by atoms with Gasteiger partial charge in [-0.15, -0.1) is 0 Å². The van der Waals surface area contributed by atoms with Gasteiger partial charge >= 0.3 is 0 Å². The molecule has 1 saturated heterocycles. The highest BCUT2D eigenvalue weighted by Crippen LogP contribution is 2.15. The summed E-state index contributed by atoms with van der Waals surface area (Å²) >= 11 is 0. The van der Waals surface area contributed by atoms with Gasteiger partial charge in [-0.05, 0) is 31.5 Å². The number of carbonyl (C=O) groups is 1. The maximum absolute atomic E-state index is 13.3. The van der Waals surface area contributed by atoms with Crippen molar-refractivity contribution in [1.29, 1.82) is 0 Å². The Labute approximate surface area is 117 Å². The first-order valence-electron chi connectivity index (χ1n) is 6.52. The molecule has 0 spiro atoms. The maximum Gasteiger partial charge on any atom is 0.252 e. The van der Waals surface area contributed by atoms with Crippen LogP contribution in [0.5, 0.6) is 0 Å². The van der Waals surface area contributed by atoms with Crippen LogP contribution in [0.15, 0.2) is 18.2 Å². The number of nitrogens with two attached hydrogens (primary N) is 1. The van der Waals surface area contributed by atoms with Gasteiger partial charge in [0.05, 0.1) is 24.3 Å². The SMILES string of the molecule is CC1OCCC1NC(=O)c1cc(F)ccc1C#CCN. The third kappa shape index (κ3) is 3.35. The lowest BCUT2D eigenvalue weighted by molar-refractivity contribution is 0.0865. The molecule has 4 nitrogen and oxygen atoms in total. The normalized spacial score (nSPS) is 21.1. The number of carbonyl (C=O) groups excluding carboxylic acids is 1. The van der Waals surface area contributed by atoms with E-state index < -0.39 is 5.82 Å². The molecular weight excluding hydrogens is 259 g/mol. The minimum atomic E-state index is -0.468. The Kier molecular flexibility index (Phi) is 4.72. The highest BCUT2D eigenvalue weighted by Gasteiger charge is 2.26. The Morgan fingerprint density at radius 3 is 3.05 bits per heavy atom. The predicted octanol–water partition coefficient (Wildman–Crippen LogP) is 1.04. The van der Waals surface area contributed by atoms with E-state index in [2.05, 4.69) is 17.2 Å². The highest BCUT2D eigenvalue weighted by atomic mass is 19.1. The van der Waals surface area contributed by atoms with Crippen molar-refractivity contribution >= 4 is 5.91 Å². The average Bonchev–Trinajstić information content (AvgIpc) is 2.83. The molecule has 2 unspecified atom stereocenters. The van der Waals surface area contributed by atoms with Gasteiger partial charge in [0.25, 0.3) is 5.91 Å². The van der Waals surface area contributed by atoms with Crippen LogP contribution in [0.3, 0.4) is 0 Å². The van der Waals surface area contributed by atoms with Gasteiger partial charge in [-0.3, -0.25) is 4.79 Å².